The number of rotatable bonds is 5. The van der Waals surface area contributed by atoms with Gasteiger partial charge in [-0.05, 0) is 43.7 Å². The van der Waals surface area contributed by atoms with Gasteiger partial charge < -0.3 is 4.74 Å². The standard InChI is InChI=1S/C24H26N2O/c1-3-22-24(27-4-2)21-17-11-12-18-23(21)26(20-15-9-6-10-16-20)25(22)19-13-7-5-8-14-19/h5-18,22,24H,3-4H2,1-2H3. The van der Waals surface area contributed by atoms with Gasteiger partial charge in [0.1, 0.15) is 6.10 Å². The van der Waals surface area contributed by atoms with Gasteiger partial charge >= 0.3 is 0 Å². The molecule has 0 spiro atoms. The van der Waals surface area contributed by atoms with Crippen LogP contribution in [0.25, 0.3) is 0 Å². The van der Waals surface area contributed by atoms with Crippen molar-refractivity contribution in [2.75, 3.05) is 16.6 Å². The van der Waals surface area contributed by atoms with Crippen LogP contribution >= 0.6 is 0 Å². The van der Waals surface area contributed by atoms with Crippen LogP contribution in [0.3, 0.4) is 0 Å². The Balaban J connectivity index is 1.95. The van der Waals surface area contributed by atoms with E-state index in [0.29, 0.717) is 6.61 Å². The van der Waals surface area contributed by atoms with Crippen molar-refractivity contribution in [1.29, 1.82) is 0 Å². The molecule has 0 aliphatic carbocycles. The van der Waals surface area contributed by atoms with Crippen molar-refractivity contribution in [2.45, 2.75) is 32.4 Å². The highest BCUT2D eigenvalue weighted by atomic mass is 16.5. The van der Waals surface area contributed by atoms with Gasteiger partial charge in [0, 0.05) is 12.2 Å². The second kappa shape index (κ2) is 7.85. The van der Waals surface area contributed by atoms with E-state index in [-0.39, 0.29) is 12.1 Å². The average molecular weight is 358 g/mol. The maximum absolute atomic E-state index is 6.28. The Bertz CT molecular complexity index is 866. The van der Waals surface area contributed by atoms with E-state index in [9.17, 15) is 0 Å². The predicted molar refractivity (Wildman–Crippen MR) is 112 cm³/mol. The van der Waals surface area contributed by atoms with Crippen LogP contribution in [0, 0.1) is 0 Å². The molecule has 0 bridgehead atoms. The Kier molecular flexibility index (Phi) is 5.12. The van der Waals surface area contributed by atoms with Crippen molar-refractivity contribution in [3.05, 3.63) is 90.5 Å². The molecule has 0 N–H and O–H groups in total. The van der Waals surface area contributed by atoms with Crippen molar-refractivity contribution in [3.63, 3.8) is 0 Å². The molecule has 0 aromatic heterocycles. The van der Waals surface area contributed by atoms with Crippen LogP contribution < -0.4 is 10.0 Å². The minimum atomic E-state index is 0.0383. The van der Waals surface area contributed by atoms with Crippen molar-refractivity contribution in [1.82, 2.24) is 0 Å². The van der Waals surface area contributed by atoms with Crippen LogP contribution in [-0.4, -0.2) is 12.6 Å². The van der Waals surface area contributed by atoms with Gasteiger partial charge in [0.25, 0.3) is 0 Å². The molecule has 0 fully saturated rings. The number of benzene rings is 3. The summed E-state index contributed by atoms with van der Waals surface area (Å²) in [6, 6.07) is 30.0. The fraction of sp³-hybridized carbons (Fsp3) is 0.250. The summed E-state index contributed by atoms with van der Waals surface area (Å²) in [7, 11) is 0. The number of nitrogens with zero attached hydrogens (tertiary/aromatic N) is 2. The van der Waals surface area contributed by atoms with E-state index in [2.05, 4.69) is 109 Å². The van der Waals surface area contributed by atoms with Gasteiger partial charge in [-0.15, -0.1) is 0 Å². The molecule has 3 aromatic rings. The number of hydrogen-bond acceptors (Lipinski definition) is 3. The molecule has 0 saturated carbocycles. The molecular weight excluding hydrogens is 332 g/mol. The molecule has 1 heterocycles. The van der Waals surface area contributed by atoms with Crippen molar-refractivity contribution in [3.8, 4) is 0 Å². The minimum absolute atomic E-state index is 0.0383. The normalized spacial score (nSPS) is 19.0. The molecule has 4 rings (SSSR count). The van der Waals surface area contributed by atoms with Crippen molar-refractivity contribution in [2.24, 2.45) is 0 Å². The first kappa shape index (κ1) is 17.6. The highest BCUT2D eigenvalue weighted by molar-refractivity contribution is 5.75. The van der Waals surface area contributed by atoms with Gasteiger partial charge in [-0.3, -0.25) is 10.0 Å². The van der Waals surface area contributed by atoms with Gasteiger partial charge in [0.15, 0.2) is 0 Å². The summed E-state index contributed by atoms with van der Waals surface area (Å²) in [4.78, 5) is 0. The number of para-hydroxylation sites is 3. The maximum Gasteiger partial charge on any atom is 0.107 e. The highest BCUT2D eigenvalue weighted by Gasteiger charge is 2.39. The van der Waals surface area contributed by atoms with Gasteiger partial charge in [0.05, 0.1) is 23.1 Å². The van der Waals surface area contributed by atoms with Crippen LogP contribution in [0.2, 0.25) is 0 Å². The lowest BCUT2D eigenvalue weighted by atomic mass is 9.94. The molecule has 138 valence electrons. The lowest BCUT2D eigenvalue weighted by Gasteiger charge is -2.50. The molecule has 27 heavy (non-hydrogen) atoms. The summed E-state index contributed by atoms with van der Waals surface area (Å²) in [6.07, 6.45) is 1.02. The number of fused-ring (bicyclic) bond motifs is 1. The zero-order valence-electron chi connectivity index (χ0n) is 16.0. The first-order chi connectivity index (χ1) is 13.3. The average Bonchev–Trinajstić information content (AvgIpc) is 2.74. The van der Waals surface area contributed by atoms with E-state index in [0.717, 1.165) is 12.1 Å². The van der Waals surface area contributed by atoms with E-state index in [4.69, 9.17) is 4.74 Å². The molecule has 2 unspecified atom stereocenters. The van der Waals surface area contributed by atoms with Gasteiger partial charge in [-0.2, -0.15) is 0 Å². The Morgan fingerprint density at radius 3 is 1.96 bits per heavy atom. The smallest absolute Gasteiger partial charge is 0.107 e. The third-order valence-electron chi connectivity index (χ3n) is 5.14. The molecule has 3 nitrogen and oxygen atoms in total. The molecule has 3 heteroatoms. The maximum atomic E-state index is 6.28. The second-order valence-corrected chi connectivity index (χ2v) is 6.74. The number of ether oxygens (including phenoxy) is 1. The fourth-order valence-electron chi connectivity index (χ4n) is 4.01. The molecular formula is C24H26N2O. The van der Waals surface area contributed by atoms with Crippen LogP contribution in [0.1, 0.15) is 31.9 Å². The van der Waals surface area contributed by atoms with E-state index < -0.39 is 0 Å². The quantitative estimate of drug-likeness (QED) is 0.547. The van der Waals surface area contributed by atoms with Crippen molar-refractivity contribution >= 4 is 17.1 Å². The number of anilines is 3. The van der Waals surface area contributed by atoms with Gasteiger partial charge in [-0.25, -0.2) is 0 Å². The lowest BCUT2D eigenvalue weighted by molar-refractivity contribution is 0.0366. The lowest BCUT2D eigenvalue weighted by Crippen LogP contribution is -2.53. The predicted octanol–water partition coefficient (Wildman–Crippen LogP) is 6.12. The topological polar surface area (TPSA) is 15.7 Å². The molecule has 0 radical (unpaired) electrons. The molecule has 3 aromatic carbocycles. The first-order valence-electron chi connectivity index (χ1n) is 9.75. The van der Waals surface area contributed by atoms with E-state index in [1.165, 1.54) is 16.9 Å². The van der Waals surface area contributed by atoms with E-state index in [1.807, 2.05) is 0 Å². The molecule has 2 atom stereocenters. The van der Waals surface area contributed by atoms with Crippen molar-refractivity contribution < 1.29 is 4.74 Å². The molecule has 1 aliphatic rings. The molecule has 1 aliphatic heterocycles. The van der Waals surface area contributed by atoms with Crippen LogP contribution in [0.15, 0.2) is 84.9 Å². The SMILES string of the molecule is CCOC1c2ccccc2N(c2ccccc2)N(c2ccccc2)C1CC. The largest absolute Gasteiger partial charge is 0.371 e. The van der Waals surface area contributed by atoms with Gasteiger partial charge in [-0.1, -0.05) is 61.5 Å². The minimum Gasteiger partial charge on any atom is -0.371 e. The van der Waals surface area contributed by atoms with Gasteiger partial charge in [0.2, 0.25) is 0 Å². The van der Waals surface area contributed by atoms with Crippen LogP contribution in [0.5, 0.6) is 0 Å². The monoisotopic (exact) mass is 358 g/mol. The Morgan fingerprint density at radius 2 is 1.33 bits per heavy atom. The van der Waals surface area contributed by atoms with Crippen LogP contribution in [0.4, 0.5) is 17.1 Å². The molecule has 0 saturated heterocycles. The summed E-state index contributed by atoms with van der Waals surface area (Å²) in [5, 5.41) is 4.74. The Labute approximate surface area is 161 Å². The molecule has 0 amide bonds. The first-order valence-corrected chi connectivity index (χ1v) is 9.75. The summed E-state index contributed by atoms with van der Waals surface area (Å²) < 4.78 is 6.28. The summed E-state index contributed by atoms with van der Waals surface area (Å²) in [5.74, 6) is 0. The van der Waals surface area contributed by atoms with Crippen LogP contribution in [-0.2, 0) is 4.74 Å². The summed E-state index contributed by atoms with van der Waals surface area (Å²) in [5.41, 5.74) is 4.76. The number of hydrogen-bond donors (Lipinski definition) is 0. The highest BCUT2D eigenvalue weighted by Crippen LogP contribution is 2.45. The zero-order valence-corrected chi connectivity index (χ0v) is 16.0. The Hall–Kier alpha value is -2.78. The summed E-state index contributed by atoms with van der Waals surface area (Å²) >= 11 is 0. The fourth-order valence-corrected chi connectivity index (χ4v) is 4.01. The third-order valence-corrected chi connectivity index (χ3v) is 5.14. The van der Waals surface area contributed by atoms with E-state index >= 15 is 0 Å². The Morgan fingerprint density at radius 1 is 0.741 bits per heavy atom. The summed E-state index contributed by atoms with van der Waals surface area (Å²) in [6.45, 7) is 5.01. The second-order valence-electron chi connectivity index (χ2n) is 6.74. The third kappa shape index (κ3) is 3.19. The zero-order chi connectivity index (χ0) is 18.6. The number of hydrazine groups is 1. The van der Waals surface area contributed by atoms with E-state index in [1.54, 1.807) is 0 Å².